The van der Waals surface area contributed by atoms with Gasteiger partial charge in [-0.25, -0.2) is 4.98 Å². The highest BCUT2D eigenvalue weighted by molar-refractivity contribution is 7.21. The van der Waals surface area contributed by atoms with E-state index < -0.39 is 0 Å². The third-order valence-corrected chi connectivity index (χ3v) is 4.76. The van der Waals surface area contributed by atoms with Crippen molar-refractivity contribution in [2.75, 3.05) is 11.1 Å². The van der Waals surface area contributed by atoms with Gasteiger partial charge in [0.15, 0.2) is 0 Å². The smallest absolute Gasteiger partial charge is 0.267 e. The Kier molecular flexibility index (Phi) is 3.71. The van der Waals surface area contributed by atoms with Crippen molar-refractivity contribution in [1.82, 2.24) is 4.98 Å². The molecule has 0 radical (unpaired) electrons. The molecule has 3 N–H and O–H groups in total. The van der Waals surface area contributed by atoms with Crippen molar-refractivity contribution in [3.05, 3.63) is 51.5 Å². The van der Waals surface area contributed by atoms with Crippen LogP contribution in [0.5, 0.6) is 0 Å². The number of thiophene rings is 1. The molecule has 0 aliphatic carbocycles. The van der Waals surface area contributed by atoms with Crippen molar-refractivity contribution < 1.29 is 4.79 Å². The van der Waals surface area contributed by atoms with Gasteiger partial charge in [0, 0.05) is 17.3 Å². The SMILES string of the molecule is Nc1c(C(=O)Nc2ccc(Cl)c(Cl)c2)sc2ncccc12. The maximum Gasteiger partial charge on any atom is 0.267 e. The molecule has 0 saturated carbocycles. The molecule has 0 fully saturated rings. The number of pyridine rings is 1. The summed E-state index contributed by atoms with van der Waals surface area (Å²) < 4.78 is 0. The molecular formula is C14H9Cl2N3OS. The number of amides is 1. The van der Waals surface area contributed by atoms with Crippen molar-refractivity contribution in [3.8, 4) is 0 Å². The van der Waals surface area contributed by atoms with E-state index in [-0.39, 0.29) is 5.91 Å². The van der Waals surface area contributed by atoms with Gasteiger partial charge in [-0.1, -0.05) is 23.2 Å². The first kappa shape index (κ1) is 14.1. The second-order valence-corrected chi connectivity index (χ2v) is 6.10. The number of nitrogen functional groups attached to an aromatic ring is 1. The average Bonchev–Trinajstić information content (AvgIpc) is 2.81. The lowest BCUT2D eigenvalue weighted by atomic mass is 10.2. The number of nitrogens with two attached hydrogens (primary N) is 1. The molecule has 2 aromatic heterocycles. The predicted octanol–water partition coefficient (Wildman–Crippen LogP) is 4.44. The maximum absolute atomic E-state index is 12.3. The van der Waals surface area contributed by atoms with E-state index in [4.69, 9.17) is 28.9 Å². The van der Waals surface area contributed by atoms with Crippen LogP contribution >= 0.6 is 34.5 Å². The topological polar surface area (TPSA) is 68.0 Å². The minimum absolute atomic E-state index is 0.297. The molecule has 7 heteroatoms. The molecule has 3 rings (SSSR count). The second-order valence-electron chi connectivity index (χ2n) is 4.28. The fraction of sp³-hybridized carbons (Fsp3) is 0. The highest BCUT2D eigenvalue weighted by atomic mass is 35.5. The summed E-state index contributed by atoms with van der Waals surface area (Å²) in [4.78, 5) is 17.7. The van der Waals surface area contributed by atoms with Crippen LogP contribution in [0.15, 0.2) is 36.5 Å². The van der Waals surface area contributed by atoms with E-state index in [0.29, 0.717) is 26.3 Å². The molecule has 0 atom stereocenters. The lowest BCUT2D eigenvalue weighted by Gasteiger charge is -2.05. The zero-order chi connectivity index (χ0) is 15.0. The number of fused-ring (bicyclic) bond motifs is 1. The fourth-order valence-electron chi connectivity index (χ4n) is 1.88. The van der Waals surface area contributed by atoms with Crippen LogP contribution in [-0.2, 0) is 0 Å². The number of rotatable bonds is 2. The van der Waals surface area contributed by atoms with Gasteiger partial charge < -0.3 is 11.1 Å². The van der Waals surface area contributed by atoms with Gasteiger partial charge in [0.25, 0.3) is 5.91 Å². The molecule has 21 heavy (non-hydrogen) atoms. The third-order valence-electron chi connectivity index (χ3n) is 2.89. The fourth-order valence-corrected chi connectivity index (χ4v) is 3.14. The van der Waals surface area contributed by atoms with E-state index in [2.05, 4.69) is 10.3 Å². The molecule has 0 unspecified atom stereocenters. The van der Waals surface area contributed by atoms with E-state index in [9.17, 15) is 4.79 Å². The van der Waals surface area contributed by atoms with E-state index in [1.165, 1.54) is 11.3 Å². The van der Waals surface area contributed by atoms with E-state index in [1.54, 1.807) is 30.5 Å². The lowest BCUT2D eigenvalue weighted by molar-refractivity contribution is 0.103. The molecular weight excluding hydrogens is 329 g/mol. The maximum atomic E-state index is 12.3. The van der Waals surface area contributed by atoms with E-state index >= 15 is 0 Å². The molecule has 0 aliphatic rings. The summed E-state index contributed by atoms with van der Waals surface area (Å²) in [6, 6.07) is 8.50. The van der Waals surface area contributed by atoms with Gasteiger partial charge >= 0.3 is 0 Å². The summed E-state index contributed by atoms with van der Waals surface area (Å²) in [6.07, 6.45) is 1.67. The Labute approximate surface area is 134 Å². The minimum Gasteiger partial charge on any atom is -0.397 e. The highest BCUT2D eigenvalue weighted by Gasteiger charge is 2.17. The number of nitrogens with one attached hydrogen (secondary N) is 1. The third kappa shape index (κ3) is 2.68. The summed E-state index contributed by atoms with van der Waals surface area (Å²) >= 11 is 13.0. The van der Waals surface area contributed by atoms with E-state index in [0.717, 1.165) is 10.2 Å². The molecule has 3 aromatic rings. The van der Waals surface area contributed by atoms with Crippen LogP contribution < -0.4 is 11.1 Å². The Morgan fingerprint density at radius 2 is 2.05 bits per heavy atom. The molecule has 0 aliphatic heterocycles. The number of benzene rings is 1. The van der Waals surface area contributed by atoms with Crippen molar-refractivity contribution in [2.45, 2.75) is 0 Å². The summed E-state index contributed by atoms with van der Waals surface area (Å²) in [6.45, 7) is 0. The average molecular weight is 338 g/mol. The number of halogens is 2. The Morgan fingerprint density at radius 3 is 2.76 bits per heavy atom. The predicted molar refractivity (Wildman–Crippen MR) is 88.4 cm³/mol. The van der Waals surface area contributed by atoms with Crippen LogP contribution in [0.2, 0.25) is 10.0 Å². The standard InChI is InChI=1S/C14H9Cl2N3OS/c15-9-4-3-7(6-10(9)16)19-13(20)12-11(17)8-2-1-5-18-14(8)21-12/h1-6H,17H2,(H,19,20). The number of hydrogen-bond donors (Lipinski definition) is 2. The number of hydrogen-bond acceptors (Lipinski definition) is 4. The summed E-state index contributed by atoms with van der Waals surface area (Å²) in [5.74, 6) is -0.297. The molecule has 0 spiro atoms. The number of carbonyl (C=O) groups excluding carboxylic acids is 1. The molecule has 0 bridgehead atoms. The number of aromatic nitrogens is 1. The first-order chi connectivity index (χ1) is 10.1. The van der Waals surface area contributed by atoms with Crippen LogP contribution in [0.1, 0.15) is 9.67 Å². The monoisotopic (exact) mass is 337 g/mol. The second kappa shape index (κ2) is 5.52. The molecule has 1 aromatic carbocycles. The number of carbonyl (C=O) groups is 1. The van der Waals surface area contributed by atoms with Crippen molar-refractivity contribution >= 4 is 62.0 Å². The zero-order valence-electron chi connectivity index (χ0n) is 10.6. The molecule has 4 nitrogen and oxygen atoms in total. The van der Waals surface area contributed by atoms with Crippen LogP contribution in [0.3, 0.4) is 0 Å². The zero-order valence-corrected chi connectivity index (χ0v) is 12.9. The first-order valence-corrected chi connectivity index (χ1v) is 7.53. The Morgan fingerprint density at radius 1 is 1.24 bits per heavy atom. The van der Waals surface area contributed by atoms with E-state index in [1.807, 2.05) is 6.07 Å². The van der Waals surface area contributed by atoms with Gasteiger partial charge in [-0.2, -0.15) is 0 Å². The highest BCUT2D eigenvalue weighted by Crippen LogP contribution is 2.33. The summed E-state index contributed by atoms with van der Waals surface area (Å²) in [5, 5.41) is 4.33. The minimum atomic E-state index is -0.297. The van der Waals surface area contributed by atoms with Gasteiger partial charge in [0.05, 0.1) is 15.7 Å². The Hall–Kier alpha value is -1.82. The lowest BCUT2D eigenvalue weighted by Crippen LogP contribution is -2.11. The normalized spacial score (nSPS) is 10.8. The number of anilines is 2. The Balaban J connectivity index is 1.93. The molecule has 106 valence electrons. The number of nitrogens with zero attached hydrogens (tertiary/aromatic N) is 1. The molecule has 2 heterocycles. The van der Waals surface area contributed by atoms with Gasteiger partial charge in [-0.15, -0.1) is 11.3 Å². The van der Waals surface area contributed by atoms with Crippen LogP contribution in [-0.4, -0.2) is 10.9 Å². The van der Waals surface area contributed by atoms with Crippen molar-refractivity contribution in [2.24, 2.45) is 0 Å². The summed E-state index contributed by atoms with van der Waals surface area (Å²) in [5.41, 5.74) is 7.00. The Bertz CT molecular complexity index is 847. The largest absolute Gasteiger partial charge is 0.397 e. The van der Waals surface area contributed by atoms with Gasteiger partial charge in [0.1, 0.15) is 9.71 Å². The van der Waals surface area contributed by atoms with Gasteiger partial charge in [0.2, 0.25) is 0 Å². The molecule has 0 saturated heterocycles. The first-order valence-electron chi connectivity index (χ1n) is 5.95. The van der Waals surface area contributed by atoms with Gasteiger partial charge in [-0.05, 0) is 30.3 Å². The quantitative estimate of drug-likeness (QED) is 0.726. The van der Waals surface area contributed by atoms with Crippen molar-refractivity contribution in [3.63, 3.8) is 0 Å². The van der Waals surface area contributed by atoms with Crippen LogP contribution in [0.25, 0.3) is 10.2 Å². The van der Waals surface area contributed by atoms with Crippen molar-refractivity contribution in [1.29, 1.82) is 0 Å². The summed E-state index contributed by atoms with van der Waals surface area (Å²) in [7, 11) is 0. The van der Waals surface area contributed by atoms with Gasteiger partial charge in [-0.3, -0.25) is 4.79 Å². The van der Waals surface area contributed by atoms with Crippen LogP contribution in [0.4, 0.5) is 11.4 Å². The van der Waals surface area contributed by atoms with Crippen LogP contribution in [0, 0.1) is 0 Å². The molecule has 1 amide bonds.